The number of amides is 1. The van der Waals surface area contributed by atoms with Crippen LogP contribution in [0, 0.1) is 0 Å². The molecule has 8 nitrogen and oxygen atoms in total. The Bertz CT molecular complexity index is 939. The van der Waals surface area contributed by atoms with Crippen LogP contribution in [0.15, 0.2) is 40.5 Å². The van der Waals surface area contributed by atoms with Crippen LogP contribution in [0.2, 0.25) is 5.02 Å². The van der Waals surface area contributed by atoms with Crippen LogP contribution in [0.1, 0.15) is 43.9 Å². The fourth-order valence-corrected chi connectivity index (χ4v) is 3.99. The van der Waals surface area contributed by atoms with E-state index >= 15 is 0 Å². The molecule has 1 saturated carbocycles. The number of carbonyl (C=O) groups is 1. The normalized spacial score (nSPS) is 14.9. The van der Waals surface area contributed by atoms with E-state index in [-0.39, 0.29) is 11.7 Å². The van der Waals surface area contributed by atoms with E-state index in [1.165, 1.54) is 37.4 Å². The Labute approximate surface area is 171 Å². The summed E-state index contributed by atoms with van der Waals surface area (Å²) in [7, 11) is 0. The van der Waals surface area contributed by atoms with E-state index in [9.17, 15) is 4.79 Å². The van der Waals surface area contributed by atoms with Crippen LogP contribution < -0.4 is 5.32 Å². The summed E-state index contributed by atoms with van der Waals surface area (Å²) in [5.41, 5.74) is 1.23. The molecule has 0 radical (unpaired) electrons. The molecule has 10 heteroatoms. The third kappa shape index (κ3) is 4.53. The highest BCUT2D eigenvalue weighted by Gasteiger charge is 2.21. The average molecular weight is 419 g/mol. The molecule has 28 heavy (non-hydrogen) atoms. The first-order chi connectivity index (χ1) is 13.7. The predicted molar refractivity (Wildman–Crippen MR) is 106 cm³/mol. The van der Waals surface area contributed by atoms with Crippen LogP contribution in [0.5, 0.6) is 0 Å². The van der Waals surface area contributed by atoms with Gasteiger partial charge in [0.1, 0.15) is 12.7 Å². The Morgan fingerprint density at radius 3 is 2.93 bits per heavy atom. The summed E-state index contributed by atoms with van der Waals surface area (Å²) in [6, 6.07) is 5.18. The third-order valence-electron chi connectivity index (χ3n) is 4.60. The van der Waals surface area contributed by atoms with Crippen molar-refractivity contribution in [1.82, 2.24) is 25.0 Å². The Morgan fingerprint density at radius 1 is 1.29 bits per heavy atom. The van der Waals surface area contributed by atoms with Crippen LogP contribution in [0.25, 0.3) is 5.69 Å². The van der Waals surface area contributed by atoms with E-state index in [0.717, 1.165) is 12.8 Å². The van der Waals surface area contributed by atoms with Gasteiger partial charge in [0.2, 0.25) is 11.8 Å². The fourth-order valence-electron chi connectivity index (χ4n) is 3.25. The van der Waals surface area contributed by atoms with Crippen molar-refractivity contribution in [2.24, 2.45) is 0 Å². The van der Waals surface area contributed by atoms with Crippen LogP contribution in [-0.2, 0) is 4.79 Å². The molecule has 2 heterocycles. The molecule has 146 valence electrons. The zero-order valence-electron chi connectivity index (χ0n) is 15.0. The van der Waals surface area contributed by atoms with Gasteiger partial charge in [-0.15, -0.1) is 10.2 Å². The van der Waals surface area contributed by atoms with Crippen molar-refractivity contribution in [3.05, 3.63) is 41.8 Å². The number of halogens is 1. The van der Waals surface area contributed by atoms with Crippen LogP contribution in [0.3, 0.4) is 0 Å². The van der Waals surface area contributed by atoms with Gasteiger partial charge in [0.15, 0.2) is 0 Å². The molecule has 1 aromatic carbocycles. The smallest absolute Gasteiger partial charge is 0.277 e. The Kier molecular flexibility index (Phi) is 5.92. The van der Waals surface area contributed by atoms with E-state index in [2.05, 4.69) is 25.6 Å². The van der Waals surface area contributed by atoms with Crippen molar-refractivity contribution in [2.45, 2.75) is 43.2 Å². The van der Waals surface area contributed by atoms with Gasteiger partial charge in [0.05, 0.1) is 17.1 Å². The van der Waals surface area contributed by atoms with Gasteiger partial charge in [0, 0.05) is 10.9 Å². The predicted octanol–water partition coefficient (Wildman–Crippen LogP) is 4.08. The van der Waals surface area contributed by atoms with Gasteiger partial charge < -0.3 is 9.73 Å². The number of hydrogen-bond donors (Lipinski definition) is 1. The summed E-state index contributed by atoms with van der Waals surface area (Å²) in [4.78, 5) is 16.3. The topological polar surface area (TPSA) is 98.7 Å². The van der Waals surface area contributed by atoms with Gasteiger partial charge in [0.25, 0.3) is 5.22 Å². The summed E-state index contributed by atoms with van der Waals surface area (Å²) < 4.78 is 7.31. The molecule has 0 atom stereocenters. The molecule has 1 aliphatic rings. The molecule has 0 spiro atoms. The van der Waals surface area contributed by atoms with E-state index in [4.69, 9.17) is 16.0 Å². The lowest BCUT2D eigenvalue weighted by Crippen LogP contribution is -2.16. The van der Waals surface area contributed by atoms with Gasteiger partial charge in [-0.05, 0) is 31.0 Å². The van der Waals surface area contributed by atoms with Gasteiger partial charge >= 0.3 is 0 Å². The Morgan fingerprint density at radius 2 is 2.14 bits per heavy atom. The van der Waals surface area contributed by atoms with Crippen LogP contribution in [-0.4, -0.2) is 36.6 Å². The van der Waals surface area contributed by atoms with E-state index in [1.807, 2.05) is 0 Å². The minimum absolute atomic E-state index is 0.148. The van der Waals surface area contributed by atoms with Crippen molar-refractivity contribution in [1.29, 1.82) is 0 Å². The number of carbonyl (C=O) groups excluding carboxylic acids is 1. The number of anilines is 1. The van der Waals surface area contributed by atoms with E-state index in [0.29, 0.717) is 33.4 Å². The minimum atomic E-state index is -0.203. The number of aromatic nitrogens is 5. The molecule has 1 amide bonds. The highest BCUT2D eigenvalue weighted by atomic mass is 35.5. The lowest BCUT2D eigenvalue weighted by Gasteiger charge is -2.17. The SMILES string of the molecule is O=C(CSc1nnc(C2CCCCC2)o1)Nc1cc(Cl)ccc1-n1cncn1. The van der Waals surface area contributed by atoms with E-state index in [1.54, 1.807) is 29.2 Å². The quantitative estimate of drug-likeness (QED) is 0.602. The number of nitrogens with zero attached hydrogens (tertiary/aromatic N) is 5. The lowest BCUT2D eigenvalue weighted by molar-refractivity contribution is -0.113. The molecule has 0 saturated heterocycles. The standard InChI is InChI=1S/C18H19ClN6O2S/c19-13-6-7-15(25-11-20-10-21-25)14(8-13)22-16(26)9-28-18-24-23-17(27-18)12-4-2-1-3-5-12/h6-8,10-12H,1-5,9H2,(H,22,26). The second kappa shape index (κ2) is 8.74. The molecular weight excluding hydrogens is 400 g/mol. The van der Waals surface area contributed by atoms with Crippen molar-refractivity contribution in [3.8, 4) is 5.69 Å². The number of thioether (sulfide) groups is 1. The molecule has 4 rings (SSSR count). The first-order valence-corrected chi connectivity index (χ1v) is 10.5. The second-order valence-corrected chi connectivity index (χ2v) is 7.94. The second-order valence-electron chi connectivity index (χ2n) is 6.58. The van der Waals surface area contributed by atoms with Gasteiger partial charge in [-0.1, -0.05) is 42.6 Å². The number of rotatable bonds is 6. The lowest BCUT2D eigenvalue weighted by atomic mass is 9.89. The van der Waals surface area contributed by atoms with Crippen molar-refractivity contribution < 1.29 is 9.21 Å². The Balaban J connectivity index is 1.38. The number of hydrogen-bond acceptors (Lipinski definition) is 7. The van der Waals surface area contributed by atoms with Crippen LogP contribution >= 0.6 is 23.4 Å². The highest BCUT2D eigenvalue weighted by Crippen LogP contribution is 2.33. The summed E-state index contributed by atoms with van der Waals surface area (Å²) in [6.07, 6.45) is 8.83. The summed E-state index contributed by atoms with van der Waals surface area (Å²) in [5.74, 6) is 0.980. The van der Waals surface area contributed by atoms with Gasteiger partial charge in [-0.2, -0.15) is 5.10 Å². The number of benzene rings is 1. The maximum atomic E-state index is 12.4. The summed E-state index contributed by atoms with van der Waals surface area (Å²) in [5, 5.41) is 16.1. The first-order valence-electron chi connectivity index (χ1n) is 9.09. The zero-order chi connectivity index (χ0) is 19.3. The molecule has 0 unspecified atom stereocenters. The van der Waals surface area contributed by atoms with Gasteiger partial charge in [-0.3, -0.25) is 4.79 Å². The maximum Gasteiger partial charge on any atom is 0.277 e. The molecule has 3 aromatic rings. The first kappa shape index (κ1) is 18.9. The molecule has 2 aromatic heterocycles. The van der Waals surface area contributed by atoms with Crippen molar-refractivity contribution in [3.63, 3.8) is 0 Å². The summed E-state index contributed by atoms with van der Waals surface area (Å²) >= 11 is 7.30. The average Bonchev–Trinajstić information content (AvgIpc) is 3.39. The van der Waals surface area contributed by atoms with Crippen molar-refractivity contribution in [2.75, 3.05) is 11.1 Å². The molecular formula is C18H19ClN6O2S. The molecule has 1 N–H and O–H groups in total. The Hall–Kier alpha value is -2.39. The third-order valence-corrected chi connectivity index (χ3v) is 5.66. The van der Waals surface area contributed by atoms with E-state index < -0.39 is 0 Å². The van der Waals surface area contributed by atoms with Crippen molar-refractivity contribution >= 4 is 35.0 Å². The zero-order valence-corrected chi connectivity index (χ0v) is 16.6. The maximum absolute atomic E-state index is 12.4. The fraction of sp³-hybridized carbons (Fsp3) is 0.389. The molecule has 1 fully saturated rings. The molecule has 0 bridgehead atoms. The monoisotopic (exact) mass is 418 g/mol. The van der Waals surface area contributed by atoms with Crippen LogP contribution in [0.4, 0.5) is 5.69 Å². The summed E-state index contributed by atoms with van der Waals surface area (Å²) in [6.45, 7) is 0. The highest BCUT2D eigenvalue weighted by molar-refractivity contribution is 7.99. The number of nitrogens with one attached hydrogen (secondary N) is 1. The van der Waals surface area contributed by atoms with Gasteiger partial charge in [-0.25, -0.2) is 9.67 Å². The largest absolute Gasteiger partial charge is 0.416 e. The minimum Gasteiger partial charge on any atom is -0.416 e. The molecule has 1 aliphatic carbocycles. The molecule has 0 aliphatic heterocycles.